The smallest absolute Gasteiger partial charge is 0.257 e. The lowest BCUT2D eigenvalue weighted by Crippen LogP contribution is -2.48. The van der Waals surface area contributed by atoms with Crippen LogP contribution >= 0.6 is 0 Å². The molecule has 1 fully saturated rings. The monoisotopic (exact) mass is 543 g/mol. The number of hydrogen-bond donors (Lipinski definition) is 1. The van der Waals surface area contributed by atoms with Crippen molar-refractivity contribution in [1.82, 2.24) is 9.47 Å². The highest BCUT2D eigenvalue weighted by molar-refractivity contribution is 5.96. The maximum atomic E-state index is 15.8. The van der Waals surface area contributed by atoms with Crippen LogP contribution in [0.5, 0.6) is 5.75 Å². The summed E-state index contributed by atoms with van der Waals surface area (Å²) < 4.78 is 32.3. The van der Waals surface area contributed by atoms with Gasteiger partial charge in [-0.2, -0.15) is 0 Å². The molecule has 1 aromatic heterocycles. The van der Waals surface area contributed by atoms with Crippen molar-refractivity contribution in [3.8, 4) is 22.6 Å². The van der Waals surface area contributed by atoms with Crippen LogP contribution < -0.4 is 10.5 Å². The quantitative estimate of drug-likeness (QED) is 0.318. The number of para-hydroxylation sites is 1. The number of hydrogen-bond acceptors (Lipinski definition) is 4. The first kappa shape index (κ1) is 27.1. The van der Waals surface area contributed by atoms with Crippen molar-refractivity contribution in [2.75, 3.05) is 31.1 Å². The summed E-state index contributed by atoms with van der Waals surface area (Å²) in [5.74, 6) is -1.98. The number of rotatable bonds is 5. The van der Waals surface area contributed by atoms with E-state index < -0.39 is 17.4 Å². The molecule has 206 valence electrons. The second kappa shape index (κ2) is 10.6. The van der Waals surface area contributed by atoms with Crippen LogP contribution in [0, 0.1) is 18.6 Å². The summed E-state index contributed by atoms with van der Waals surface area (Å²) in [6.07, 6.45) is 1.27. The predicted octanol–water partition coefficient (Wildman–Crippen LogP) is 5.91. The van der Waals surface area contributed by atoms with E-state index in [1.807, 2.05) is 43.9 Å². The molecule has 3 aromatic carbocycles. The van der Waals surface area contributed by atoms with Gasteiger partial charge in [-0.3, -0.25) is 14.2 Å². The summed E-state index contributed by atoms with van der Waals surface area (Å²) in [6, 6.07) is 13.9. The zero-order chi connectivity index (χ0) is 28.7. The average Bonchev–Trinajstić information content (AvgIpc) is 2.93. The van der Waals surface area contributed by atoms with E-state index in [0.717, 1.165) is 17.2 Å². The van der Waals surface area contributed by atoms with Crippen LogP contribution in [0.15, 0.2) is 72.0 Å². The van der Waals surface area contributed by atoms with E-state index in [9.17, 15) is 19.1 Å². The highest BCUT2D eigenvalue weighted by Gasteiger charge is 2.26. The largest absolute Gasteiger partial charge is 0.507 e. The minimum atomic E-state index is -0.773. The highest BCUT2D eigenvalue weighted by atomic mass is 19.1. The van der Waals surface area contributed by atoms with E-state index in [0.29, 0.717) is 48.5 Å². The van der Waals surface area contributed by atoms with E-state index in [4.69, 9.17) is 0 Å². The van der Waals surface area contributed by atoms with Crippen LogP contribution in [0.4, 0.5) is 14.5 Å². The van der Waals surface area contributed by atoms with E-state index in [-0.39, 0.29) is 28.5 Å². The number of aryl methyl sites for hydroxylation is 1. The van der Waals surface area contributed by atoms with Gasteiger partial charge in [0, 0.05) is 43.2 Å². The molecule has 40 heavy (non-hydrogen) atoms. The summed E-state index contributed by atoms with van der Waals surface area (Å²) >= 11 is 0. The minimum absolute atomic E-state index is 0.0857. The normalized spacial score (nSPS) is 13.8. The number of carbonyl (C=O) groups is 1. The van der Waals surface area contributed by atoms with Crippen LogP contribution in [0.25, 0.3) is 27.7 Å². The number of halogens is 2. The number of benzene rings is 3. The van der Waals surface area contributed by atoms with Crippen LogP contribution in [-0.2, 0) is 4.79 Å². The van der Waals surface area contributed by atoms with Gasteiger partial charge in [0.15, 0.2) is 0 Å². The molecule has 0 spiro atoms. The van der Waals surface area contributed by atoms with Crippen LogP contribution in [0.2, 0.25) is 0 Å². The molecule has 0 radical (unpaired) electrons. The number of piperazine rings is 1. The number of amides is 1. The first-order chi connectivity index (χ1) is 19.1. The van der Waals surface area contributed by atoms with Gasteiger partial charge in [-0.05, 0) is 54.3 Å². The zero-order valence-electron chi connectivity index (χ0n) is 22.7. The van der Waals surface area contributed by atoms with Crippen LogP contribution in [-0.4, -0.2) is 46.7 Å². The molecule has 8 heteroatoms. The Hall–Kier alpha value is -4.46. The number of phenols is 1. The third-order valence-corrected chi connectivity index (χ3v) is 7.56. The van der Waals surface area contributed by atoms with Gasteiger partial charge in [0.1, 0.15) is 17.4 Å². The number of aromatic nitrogens is 1. The van der Waals surface area contributed by atoms with Crippen molar-refractivity contribution in [3.05, 3.63) is 100 Å². The molecule has 6 nitrogen and oxygen atoms in total. The number of anilines is 1. The van der Waals surface area contributed by atoms with Gasteiger partial charge < -0.3 is 14.9 Å². The minimum Gasteiger partial charge on any atom is -0.507 e. The Morgan fingerprint density at radius 1 is 1.00 bits per heavy atom. The Morgan fingerprint density at radius 2 is 1.70 bits per heavy atom. The molecular formula is C32H31F2N3O3. The van der Waals surface area contributed by atoms with E-state index in [1.165, 1.54) is 36.4 Å². The van der Waals surface area contributed by atoms with E-state index in [2.05, 4.69) is 6.58 Å². The summed E-state index contributed by atoms with van der Waals surface area (Å²) in [7, 11) is 0. The second-order valence-electron chi connectivity index (χ2n) is 10.4. The fraction of sp³-hybridized carbons (Fsp3) is 0.250. The lowest BCUT2D eigenvalue weighted by Gasteiger charge is -2.36. The van der Waals surface area contributed by atoms with E-state index in [1.54, 1.807) is 9.47 Å². The molecule has 2 heterocycles. The Bertz CT molecular complexity index is 1680. The molecule has 1 N–H and O–H groups in total. The summed E-state index contributed by atoms with van der Waals surface area (Å²) in [6.45, 7) is 11.3. The fourth-order valence-electron chi connectivity index (χ4n) is 5.54. The zero-order valence-corrected chi connectivity index (χ0v) is 22.7. The Balaban J connectivity index is 1.81. The van der Waals surface area contributed by atoms with E-state index >= 15 is 4.39 Å². The maximum absolute atomic E-state index is 15.8. The molecule has 0 aliphatic carbocycles. The third kappa shape index (κ3) is 4.63. The van der Waals surface area contributed by atoms with Gasteiger partial charge in [0.05, 0.1) is 22.5 Å². The Morgan fingerprint density at radius 3 is 2.35 bits per heavy atom. The van der Waals surface area contributed by atoms with Crippen molar-refractivity contribution in [3.63, 3.8) is 0 Å². The van der Waals surface area contributed by atoms with Gasteiger partial charge in [-0.15, -0.1) is 0 Å². The molecule has 1 saturated heterocycles. The number of phenolic OH excluding ortho intramolecular Hbond substituents is 1. The van der Waals surface area contributed by atoms with Crippen molar-refractivity contribution < 1.29 is 18.7 Å². The highest BCUT2D eigenvalue weighted by Crippen LogP contribution is 2.39. The first-order valence-electron chi connectivity index (χ1n) is 13.3. The molecule has 4 aromatic rings. The second-order valence-corrected chi connectivity index (χ2v) is 10.4. The molecule has 5 rings (SSSR count). The fourth-order valence-corrected chi connectivity index (χ4v) is 5.54. The van der Waals surface area contributed by atoms with Crippen molar-refractivity contribution in [2.24, 2.45) is 0 Å². The molecule has 1 amide bonds. The molecule has 1 aliphatic rings. The molecule has 0 bridgehead atoms. The lowest BCUT2D eigenvalue weighted by atomic mass is 9.96. The maximum Gasteiger partial charge on any atom is 0.257 e. The SMILES string of the molecule is C=CC(=O)N1CCN(c2cc(=O)n(-c3c(C)cccc3C(C)C)c3cc(-c4c(O)cccc4F)c(F)cc23)CC1. The molecule has 1 aliphatic heterocycles. The van der Waals surface area contributed by atoms with Gasteiger partial charge in [-0.25, -0.2) is 8.78 Å². The van der Waals surface area contributed by atoms with Gasteiger partial charge in [-0.1, -0.05) is 44.7 Å². The number of pyridine rings is 1. The molecule has 0 atom stereocenters. The topological polar surface area (TPSA) is 65.8 Å². The van der Waals surface area contributed by atoms with Gasteiger partial charge >= 0.3 is 0 Å². The number of nitrogens with zero attached hydrogens (tertiary/aromatic N) is 3. The summed E-state index contributed by atoms with van der Waals surface area (Å²) in [4.78, 5) is 29.7. The van der Waals surface area contributed by atoms with Crippen molar-refractivity contribution >= 4 is 22.5 Å². The lowest BCUT2D eigenvalue weighted by molar-refractivity contribution is -0.126. The third-order valence-electron chi connectivity index (χ3n) is 7.56. The van der Waals surface area contributed by atoms with Crippen LogP contribution in [0.3, 0.4) is 0 Å². The summed E-state index contributed by atoms with van der Waals surface area (Å²) in [5, 5.41) is 10.9. The first-order valence-corrected chi connectivity index (χ1v) is 13.3. The van der Waals surface area contributed by atoms with Gasteiger partial charge in [0.2, 0.25) is 5.91 Å². The Kier molecular flexibility index (Phi) is 7.19. The predicted molar refractivity (Wildman–Crippen MR) is 154 cm³/mol. The van der Waals surface area contributed by atoms with Crippen LogP contribution in [0.1, 0.15) is 30.9 Å². The molecular weight excluding hydrogens is 512 g/mol. The molecule has 0 unspecified atom stereocenters. The Labute approximate surface area is 231 Å². The van der Waals surface area contributed by atoms with Gasteiger partial charge in [0.25, 0.3) is 5.56 Å². The number of fused-ring (bicyclic) bond motifs is 1. The van der Waals surface area contributed by atoms with Crippen molar-refractivity contribution in [2.45, 2.75) is 26.7 Å². The van der Waals surface area contributed by atoms with Crippen molar-refractivity contribution in [1.29, 1.82) is 0 Å². The molecule has 0 saturated carbocycles. The number of carbonyl (C=O) groups excluding carboxylic acids is 1. The summed E-state index contributed by atoms with van der Waals surface area (Å²) in [5.41, 5.74) is 2.68. The standard InChI is InChI=1S/C32H31F2N3O3/c1-5-29(39)36-14-12-35(13-15-36)26-18-30(40)37(32-20(4)8-6-9-21(32)19(2)3)27-17-22(25(34)16-23(26)27)31-24(33)10-7-11-28(31)38/h5-11,16-19,38H,1,12-15H2,2-4H3. The number of aromatic hydroxyl groups is 1. The average molecular weight is 544 g/mol.